The van der Waals surface area contributed by atoms with Gasteiger partial charge in [-0.25, -0.2) is 0 Å². The fourth-order valence-corrected chi connectivity index (χ4v) is 3.19. The topological polar surface area (TPSA) is 44.0 Å². The van der Waals surface area contributed by atoms with Gasteiger partial charge in [0, 0.05) is 5.41 Å². The normalized spacial score (nSPS) is 32.1. The van der Waals surface area contributed by atoms with Crippen molar-refractivity contribution in [3.8, 4) is 11.8 Å². The van der Waals surface area contributed by atoms with E-state index in [1.54, 1.807) is 6.07 Å². The highest BCUT2D eigenvalue weighted by atomic mass is 16.3. The molecule has 1 spiro atoms. The molecule has 0 heterocycles. The molecule has 1 saturated carbocycles. The number of rotatable bonds is 0. The summed E-state index contributed by atoms with van der Waals surface area (Å²) in [5.74, 6) is 0.499. The van der Waals surface area contributed by atoms with Crippen molar-refractivity contribution in [2.45, 2.75) is 31.1 Å². The zero-order valence-electron chi connectivity index (χ0n) is 8.53. The molecule has 76 valence electrons. The Balaban J connectivity index is 2.12. The van der Waals surface area contributed by atoms with Crippen LogP contribution < -0.4 is 0 Å². The van der Waals surface area contributed by atoms with Crippen LogP contribution in [-0.2, 0) is 11.8 Å². The number of nitrogens with zero attached hydrogens (tertiary/aromatic N) is 1. The van der Waals surface area contributed by atoms with E-state index in [0.29, 0.717) is 5.75 Å². The summed E-state index contributed by atoms with van der Waals surface area (Å²) in [4.78, 5) is 0. The van der Waals surface area contributed by atoms with Crippen molar-refractivity contribution in [2.24, 2.45) is 5.92 Å². The van der Waals surface area contributed by atoms with Crippen LogP contribution >= 0.6 is 0 Å². The fourth-order valence-electron chi connectivity index (χ4n) is 3.19. The Morgan fingerprint density at radius 3 is 2.93 bits per heavy atom. The Kier molecular flexibility index (Phi) is 1.62. The van der Waals surface area contributed by atoms with Crippen LogP contribution in [0.1, 0.15) is 30.4 Å². The number of nitriles is 1. The van der Waals surface area contributed by atoms with E-state index in [1.165, 1.54) is 11.1 Å². The van der Waals surface area contributed by atoms with Gasteiger partial charge in [0.15, 0.2) is 0 Å². The van der Waals surface area contributed by atoms with E-state index in [2.05, 4.69) is 6.07 Å². The molecule has 0 amide bonds. The van der Waals surface area contributed by atoms with Crippen LogP contribution in [0.2, 0.25) is 0 Å². The Labute approximate surface area is 89.2 Å². The van der Waals surface area contributed by atoms with Crippen LogP contribution in [0.25, 0.3) is 0 Å². The molecule has 0 aliphatic heterocycles. The third-order valence-corrected chi connectivity index (χ3v) is 4.17. The first-order valence-electron chi connectivity index (χ1n) is 5.48. The van der Waals surface area contributed by atoms with Crippen molar-refractivity contribution in [3.05, 3.63) is 29.3 Å². The number of phenolic OH excluding ortho intramolecular Hbond substituents is 1. The minimum absolute atomic E-state index is 0.0861. The number of aromatic hydroxyl groups is 1. The van der Waals surface area contributed by atoms with E-state index in [-0.39, 0.29) is 11.3 Å². The molecule has 0 bridgehead atoms. The van der Waals surface area contributed by atoms with Crippen LogP contribution in [-0.4, -0.2) is 5.11 Å². The SMILES string of the molecule is N#C[C@H]1CCC12CCc1ccc(O)cc12. The van der Waals surface area contributed by atoms with Gasteiger partial charge in [0.1, 0.15) is 5.75 Å². The van der Waals surface area contributed by atoms with E-state index in [4.69, 9.17) is 5.26 Å². The van der Waals surface area contributed by atoms with Crippen LogP contribution in [0.5, 0.6) is 5.75 Å². The molecule has 0 saturated heterocycles. The van der Waals surface area contributed by atoms with Crippen LogP contribution in [0.3, 0.4) is 0 Å². The van der Waals surface area contributed by atoms with Crippen molar-refractivity contribution >= 4 is 0 Å². The lowest BCUT2D eigenvalue weighted by molar-refractivity contribution is 0.171. The highest BCUT2D eigenvalue weighted by Gasteiger charge is 2.51. The van der Waals surface area contributed by atoms with Gasteiger partial charge in [0.05, 0.1) is 12.0 Å². The largest absolute Gasteiger partial charge is 0.508 e. The lowest BCUT2D eigenvalue weighted by Gasteiger charge is -2.44. The summed E-state index contributed by atoms with van der Waals surface area (Å²) in [7, 11) is 0. The molecule has 0 aromatic heterocycles. The van der Waals surface area contributed by atoms with Gasteiger partial charge in [-0.15, -0.1) is 0 Å². The quantitative estimate of drug-likeness (QED) is 0.697. The molecule has 3 rings (SSSR count). The summed E-state index contributed by atoms with van der Waals surface area (Å²) >= 11 is 0. The van der Waals surface area contributed by atoms with Crippen LogP contribution in [0.15, 0.2) is 18.2 Å². The van der Waals surface area contributed by atoms with Crippen molar-refractivity contribution in [2.75, 3.05) is 0 Å². The molecule has 1 fully saturated rings. The van der Waals surface area contributed by atoms with E-state index >= 15 is 0 Å². The second kappa shape index (κ2) is 2.76. The number of hydrogen-bond donors (Lipinski definition) is 1. The molecule has 2 aliphatic rings. The first kappa shape index (κ1) is 8.79. The third kappa shape index (κ3) is 0.982. The lowest BCUT2D eigenvalue weighted by atomic mass is 9.58. The molecule has 15 heavy (non-hydrogen) atoms. The Bertz CT molecular complexity index is 460. The number of benzene rings is 1. The summed E-state index contributed by atoms with van der Waals surface area (Å²) in [6, 6.07) is 8.03. The minimum atomic E-state index is 0.0861. The molecular formula is C13H13NO. The number of aryl methyl sites for hydroxylation is 1. The predicted molar refractivity (Wildman–Crippen MR) is 56.4 cm³/mol. The van der Waals surface area contributed by atoms with Gasteiger partial charge in [-0.1, -0.05) is 6.07 Å². The molecule has 1 aromatic carbocycles. The number of hydrogen-bond acceptors (Lipinski definition) is 2. The second-order valence-corrected chi connectivity index (χ2v) is 4.72. The number of fused-ring (bicyclic) bond motifs is 2. The van der Waals surface area contributed by atoms with Crippen molar-refractivity contribution in [3.63, 3.8) is 0 Å². The van der Waals surface area contributed by atoms with Gasteiger partial charge in [-0.3, -0.25) is 0 Å². The average Bonchev–Trinajstić information content (AvgIpc) is 2.57. The smallest absolute Gasteiger partial charge is 0.115 e. The van der Waals surface area contributed by atoms with E-state index < -0.39 is 0 Å². The molecule has 2 aliphatic carbocycles. The summed E-state index contributed by atoms with van der Waals surface area (Å²) < 4.78 is 0. The highest BCUT2D eigenvalue weighted by molar-refractivity contribution is 5.47. The van der Waals surface area contributed by atoms with Crippen LogP contribution in [0.4, 0.5) is 0 Å². The monoisotopic (exact) mass is 199 g/mol. The van der Waals surface area contributed by atoms with E-state index in [9.17, 15) is 5.11 Å². The molecule has 2 heteroatoms. The molecule has 2 atom stereocenters. The summed E-state index contributed by atoms with van der Waals surface area (Å²) in [5, 5.41) is 18.6. The maximum Gasteiger partial charge on any atom is 0.115 e. The van der Waals surface area contributed by atoms with Gasteiger partial charge in [-0.05, 0) is 48.9 Å². The van der Waals surface area contributed by atoms with Crippen molar-refractivity contribution < 1.29 is 5.11 Å². The first-order chi connectivity index (χ1) is 7.26. The molecule has 1 unspecified atom stereocenters. The third-order valence-electron chi connectivity index (χ3n) is 4.17. The lowest BCUT2D eigenvalue weighted by Crippen LogP contribution is -2.41. The van der Waals surface area contributed by atoms with Gasteiger partial charge in [0.2, 0.25) is 0 Å². The zero-order chi connectivity index (χ0) is 10.5. The Hall–Kier alpha value is -1.49. The van der Waals surface area contributed by atoms with Crippen molar-refractivity contribution in [1.82, 2.24) is 0 Å². The predicted octanol–water partition coefficient (Wildman–Crippen LogP) is 2.51. The summed E-state index contributed by atoms with van der Waals surface area (Å²) in [6.07, 6.45) is 4.28. The zero-order valence-corrected chi connectivity index (χ0v) is 8.53. The molecule has 1 N–H and O–H groups in total. The molecular weight excluding hydrogens is 186 g/mol. The Morgan fingerprint density at radius 2 is 2.27 bits per heavy atom. The van der Waals surface area contributed by atoms with Gasteiger partial charge in [0.25, 0.3) is 0 Å². The minimum Gasteiger partial charge on any atom is -0.508 e. The van der Waals surface area contributed by atoms with E-state index in [1.807, 2.05) is 12.1 Å². The first-order valence-corrected chi connectivity index (χ1v) is 5.48. The maximum atomic E-state index is 9.52. The molecule has 0 radical (unpaired) electrons. The summed E-state index contributed by atoms with van der Waals surface area (Å²) in [6.45, 7) is 0. The second-order valence-electron chi connectivity index (χ2n) is 4.72. The number of phenols is 1. The average molecular weight is 199 g/mol. The highest BCUT2D eigenvalue weighted by Crippen LogP contribution is 2.56. The van der Waals surface area contributed by atoms with Crippen LogP contribution in [0, 0.1) is 17.2 Å². The molecule has 2 nitrogen and oxygen atoms in total. The van der Waals surface area contributed by atoms with Gasteiger partial charge >= 0.3 is 0 Å². The van der Waals surface area contributed by atoms with Gasteiger partial charge < -0.3 is 5.11 Å². The standard InChI is InChI=1S/C13H13NO/c14-8-10-4-6-13(10)5-3-9-1-2-11(15)7-12(9)13/h1-2,7,10,15H,3-6H2/t10-,13?/m1/s1. The van der Waals surface area contributed by atoms with Gasteiger partial charge in [-0.2, -0.15) is 5.26 Å². The summed E-state index contributed by atoms with van der Waals surface area (Å²) in [5.41, 5.74) is 2.65. The molecule has 1 aromatic rings. The van der Waals surface area contributed by atoms with E-state index in [0.717, 1.165) is 25.7 Å². The van der Waals surface area contributed by atoms with Crippen molar-refractivity contribution in [1.29, 1.82) is 5.26 Å². The fraction of sp³-hybridized carbons (Fsp3) is 0.462. The Morgan fingerprint density at radius 1 is 1.40 bits per heavy atom. The maximum absolute atomic E-state index is 9.52.